The number of nitrogens with one attached hydrogen (secondary N) is 1. The summed E-state index contributed by atoms with van der Waals surface area (Å²) < 4.78 is 0. The molecule has 0 aliphatic heterocycles. The van der Waals surface area contributed by atoms with E-state index in [4.69, 9.17) is 0 Å². The molecular weight excluding hydrogens is 350 g/mol. The number of unbranched alkanes of at least 4 members (excludes halogenated alkanes) is 10. The summed E-state index contributed by atoms with van der Waals surface area (Å²) in [5, 5.41) is 22.3. The highest BCUT2D eigenvalue weighted by Crippen LogP contribution is 2.09. The molecule has 2 unspecified atom stereocenters. The Morgan fingerprint density at radius 2 is 1.43 bits per heavy atom. The van der Waals surface area contributed by atoms with Crippen LogP contribution < -0.4 is 5.32 Å². The average molecular weight is 396 g/mol. The lowest BCUT2D eigenvalue weighted by Crippen LogP contribution is -2.45. The first-order valence-electron chi connectivity index (χ1n) is 11.6. The first-order chi connectivity index (χ1) is 13.7. The number of hydrogen-bond acceptors (Lipinski definition) is 3. The zero-order valence-electron chi connectivity index (χ0n) is 18.4. The Morgan fingerprint density at radius 3 is 2.11 bits per heavy atom. The van der Waals surface area contributed by atoms with Gasteiger partial charge in [0.1, 0.15) is 0 Å². The highest BCUT2D eigenvalue weighted by atomic mass is 16.3. The quantitative estimate of drug-likeness (QED) is 0.201. The predicted octanol–water partition coefficient (Wildman–Crippen LogP) is 5.44. The minimum absolute atomic E-state index is 0.0862. The lowest BCUT2D eigenvalue weighted by atomic mass is 10.1. The summed E-state index contributed by atoms with van der Waals surface area (Å²) in [6.07, 6.45) is 22.5. The van der Waals surface area contributed by atoms with Gasteiger partial charge >= 0.3 is 0 Å². The number of hydrogen-bond donors (Lipinski definition) is 3. The van der Waals surface area contributed by atoms with Crippen molar-refractivity contribution in [1.29, 1.82) is 0 Å². The number of carbonyl (C=O) groups excluding carboxylic acids is 1. The lowest BCUT2D eigenvalue weighted by Gasteiger charge is -2.20. The van der Waals surface area contributed by atoms with Crippen LogP contribution in [0, 0.1) is 0 Å². The van der Waals surface area contributed by atoms with Crippen molar-refractivity contribution in [1.82, 2.24) is 5.32 Å². The first-order valence-corrected chi connectivity index (χ1v) is 11.6. The first kappa shape index (κ1) is 26.9. The van der Waals surface area contributed by atoms with Crippen molar-refractivity contribution in [2.45, 2.75) is 116 Å². The molecule has 4 heteroatoms. The molecule has 0 aliphatic rings. The van der Waals surface area contributed by atoms with Crippen molar-refractivity contribution in [2.75, 3.05) is 6.61 Å². The summed E-state index contributed by atoms with van der Waals surface area (Å²) >= 11 is 0. The third kappa shape index (κ3) is 17.0. The van der Waals surface area contributed by atoms with Gasteiger partial charge in [-0.3, -0.25) is 4.79 Å². The molecule has 0 radical (unpaired) electrons. The van der Waals surface area contributed by atoms with Crippen molar-refractivity contribution >= 4 is 5.91 Å². The molecule has 0 spiro atoms. The molecule has 0 aromatic carbocycles. The van der Waals surface area contributed by atoms with E-state index in [0.29, 0.717) is 6.42 Å². The zero-order chi connectivity index (χ0) is 20.9. The Balaban J connectivity index is 3.79. The summed E-state index contributed by atoms with van der Waals surface area (Å²) in [7, 11) is 0. The van der Waals surface area contributed by atoms with E-state index in [1.165, 1.54) is 44.9 Å². The van der Waals surface area contributed by atoms with Gasteiger partial charge in [0.25, 0.3) is 0 Å². The van der Waals surface area contributed by atoms with E-state index < -0.39 is 12.1 Å². The summed E-state index contributed by atoms with van der Waals surface area (Å²) in [6, 6.07) is -0.616. The van der Waals surface area contributed by atoms with E-state index in [1.807, 2.05) is 6.08 Å². The molecule has 4 nitrogen and oxygen atoms in total. The molecular formula is C24H45NO3. The van der Waals surface area contributed by atoms with E-state index in [1.54, 1.807) is 6.08 Å². The zero-order valence-corrected chi connectivity index (χ0v) is 18.4. The Bertz CT molecular complexity index is 407. The molecule has 0 saturated heterocycles. The highest BCUT2D eigenvalue weighted by molar-refractivity contribution is 5.76. The Labute approximate surface area is 173 Å². The fourth-order valence-corrected chi connectivity index (χ4v) is 3.06. The van der Waals surface area contributed by atoms with Crippen molar-refractivity contribution in [3.05, 3.63) is 24.3 Å². The topological polar surface area (TPSA) is 69.6 Å². The van der Waals surface area contributed by atoms with E-state index in [0.717, 1.165) is 38.5 Å². The van der Waals surface area contributed by atoms with E-state index >= 15 is 0 Å². The standard InChI is InChI=1S/C24H45NO3/c1-3-5-7-9-11-12-13-14-16-18-20-24(28)25-22(21-26)23(27)19-17-15-10-8-6-4-2/h7,9,17,19,22-23,26-27H,3-6,8,10-16,18,20-21H2,1-2H3,(H,25,28)/b9-7-,19-17+. The van der Waals surface area contributed by atoms with Crippen molar-refractivity contribution in [3.63, 3.8) is 0 Å². The molecule has 1 amide bonds. The Hall–Kier alpha value is -1.13. The maximum atomic E-state index is 12.0. The molecule has 0 fully saturated rings. The maximum absolute atomic E-state index is 12.0. The van der Waals surface area contributed by atoms with Gasteiger partial charge in [-0.2, -0.15) is 0 Å². The summed E-state index contributed by atoms with van der Waals surface area (Å²) in [6.45, 7) is 4.12. The molecule has 0 bridgehead atoms. The van der Waals surface area contributed by atoms with Crippen LogP contribution in [0.3, 0.4) is 0 Å². The normalized spacial score (nSPS) is 14.0. The van der Waals surface area contributed by atoms with Crippen LogP contribution in [0.5, 0.6) is 0 Å². The number of carbonyl (C=O) groups is 1. The van der Waals surface area contributed by atoms with Gasteiger partial charge in [-0.05, 0) is 38.5 Å². The smallest absolute Gasteiger partial charge is 0.220 e. The molecule has 0 saturated carbocycles. The van der Waals surface area contributed by atoms with Crippen LogP contribution in [0.15, 0.2) is 24.3 Å². The number of rotatable bonds is 19. The molecule has 0 aromatic heterocycles. The third-order valence-corrected chi connectivity index (χ3v) is 4.91. The second kappa shape index (κ2) is 20.6. The fraction of sp³-hybridized carbons (Fsp3) is 0.792. The van der Waals surface area contributed by atoms with Gasteiger partial charge in [0.05, 0.1) is 18.8 Å². The number of allylic oxidation sites excluding steroid dienone is 3. The van der Waals surface area contributed by atoms with Gasteiger partial charge < -0.3 is 15.5 Å². The predicted molar refractivity (Wildman–Crippen MR) is 119 cm³/mol. The van der Waals surface area contributed by atoms with E-state index in [9.17, 15) is 15.0 Å². The minimum Gasteiger partial charge on any atom is -0.394 e. The second-order valence-corrected chi connectivity index (χ2v) is 7.69. The summed E-state index contributed by atoms with van der Waals surface area (Å²) in [5.41, 5.74) is 0. The molecule has 164 valence electrons. The van der Waals surface area contributed by atoms with Gasteiger partial charge in [0.15, 0.2) is 0 Å². The minimum atomic E-state index is -0.833. The van der Waals surface area contributed by atoms with Gasteiger partial charge in [-0.1, -0.05) is 83.1 Å². The highest BCUT2D eigenvalue weighted by Gasteiger charge is 2.17. The van der Waals surface area contributed by atoms with Gasteiger partial charge in [-0.15, -0.1) is 0 Å². The lowest BCUT2D eigenvalue weighted by molar-refractivity contribution is -0.123. The van der Waals surface area contributed by atoms with Crippen LogP contribution in [0.25, 0.3) is 0 Å². The SMILES string of the molecule is CCC/C=C\CCCCCCCC(=O)NC(CO)C(O)/C=C/CCCCCC. The van der Waals surface area contributed by atoms with Crippen LogP contribution in [0.2, 0.25) is 0 Å². The molecule has 0 aliphatic carbocycles. The van der Waals surface area contributed by atoms with Crippen molar-refractivity contribution in [2.24, 2.45) is 0 Å². The van der Waals surface area contributed by atoms with Crippen LogP contribution in [0.1, 0.15) is 104 Å². The van der Waals surface area contributed by atoms with Crippen LogP contribution >= 0.6 is 0 Å². The molecule has 0 heterocycles. The van der Waals surface area contributed by atoms with Crippen LogP contribution in [-0.2, 0) is 4.79 Å². The maximum Gasteiger partial charge on any atom is 0.220 e. The third-order valence-electron chi connectivity index (χ3n) is 4.91. The largest absolute Gasteiger partial charge is 0.394 e. The molecule has 3 N–H and O–H groups in total. The van der Waals surface area contributed by atoms with Gasteiger partial charge in [0.2, 0.25) is 5.91 Å². The van der Waals surface area contributed by atoms with Gasteiger partial charge in [0, 0.05) is 6.42 Å². The summed E-state index contributed by atoms with van der Waals surface area (Å²) in [4.78, 5) is 12.0. The van der Waals surface area contributed by atoms with Crippen molar-refractivity contribution < 1.29 is 15.0 Å². The monoisotopic (exact) mass is 395 g/mol. The van der Waals surface area contributed by atoms with E-state index in [-0.39, 0.29) is 12.5 Å². The fourth-order valence-electron chi connectivity index (χ4n) is 3.06. The second-order valence-electron chi connectivity index (χ2n) is 7.69. The van der Waals surface area contributed by atoms with Crippen molar-refractivity contribution in [3.8, 4) is 0 Å². The molecule has 2 atom stereocenters. The number of aliphatic hydroxyl groups excluding tert-OH is 2. The van der Waals surface area contributed by atoms with Crippen LogP contribution in [-0.4, -0.2) is 34.9 Å². The average Bonchev–Trinajstić information content (AvgIpc) is 2.70. The van der Waals surface area contributed by atoms with Crippen LogP contribution in [0.4, 0.5) is 0 Å². The van der Waals surface area contributed by atoms with Gasteiger partial charge in [-0.25, -0.2) is 0 Å². The number of amides is 1. The number of aliphatic hydroxyl groups is 2. The Kier molecular flexibility index (Phi) is 19.8. The molecule has 0 rings (SSSR count). The Morgan fingerprint density at radius 1 is 0.821 bits per heavy atom. The molecule has 28 heavy (non-hydrogen) atoms. The molecule has 0 aromatic rings. The van der Waals surface area contributed by atoms with E-state index in [2.05, 4.69) is 31.3 Å². The summed E-state index contributed by atoms with van der Waals surface area (Å²) in [5.74, 6) is -0.0862.